The lowest BCUT2D eigenvalue weighted by molar-refractivity contribution is 0.0642. The minimum atomic E-state index is -0.559. The molecular weight excluding hydrogens is 198 g/mol. The van der Waals surface area contributed by atoms with Crippen LogP contribution >= 0.6 is 0 Å². The Kier molecular flexibility index (Phi) is 2.84. The largest absolute Gasteiger partial charge is 0.390 e. The summed E-state index contributed by atoms with van der Waals surface area (Å²) in [7, 11) is 1.54. The number of aromatic nitrogens is 5. The highest BCUT2D eigenvalue weighted by Crippen LogP contribution is 2.01. The van der Waals surface area contributed by atoms with Crippen molar-refractivity contribution in [3.8, 4) is 0 Å². The second-order valence-corrected chi connectivity index (χ2v) is 3.16. The number of fused-ring (bicyclic) bond motifs is 1. The molecule has 80 valence electrons. The van der Waals surface area contributed by atoms with Crippen molar-refractivity contribution in [3.63, 3.8) is 0 Å². The summed E-state index contributed by atoms with van der Waals surface area (Å²) in [4.78, 5) is 0. The van der Waals surface area contributed by atoms with Gasteiger partial charge in [0.2, 0.25) is 0 Å². The number of hydrogen-bond acceptors (Lipinski definition) is 6. The first-order chi connectivity index (χ1) is 7.29. The summed E-state index contributed by atoms with van der Waals surface area (Å²) < 4.78 is 6.15. The normalized spacial score (nSPS) is 13.2. The third-order valence-corrected chi connectivity index (χ3v) is 1.93. The first kappa shape index (κ1) is 9.94. The molecule has 7 heteroatoms. The second kappa shape index (κ2) is 4.28. The minimum absolute atomic E-state index is 0.287. The lowest BCUT2D eigenvalue weighted by atomic mass is 10.2. The van der Waals surface area contributed by atoms with Crippen molar-refractivity contribution in [1.29, 1.82) is 0 Å². The van der Waals surface area contributed by atoms with Crippen molar-refractivity contribution in [2.75, 3.05) is 13.7 Å². The molecule has 7 nitrogen and oxygen atoms in total. The van der Waals surface area contributed by atoms with Gasteiger partial charge in [0, 0.05) is 13.5 Å². The molecule has 2 heterocycles. The van der Waals surface area contributed by atoms with Crippen molar-refractivity contribution in [1.82, 2.24) is 25.3 Å². The van der Waals surface area contributed by atoms with E-state index in [2.05, 4.69) is 20.6 Å². The van der Waals surface area contributed by atoms with Gasteiger partial charge in [-0.2, -0.15) is 5.10 Å². The summed E-state index contributed by atoms with van der Waals surface area (Å²) in [6, 6.07) is 3.53. The Morgan fingerprint density at radius 1 is 1.53 bits per heavy atom. The van der Waals surface area contributed by atoms with E-state index in [9.17, 15) is 5.11 Å². The third kappa shape index (κ3) is 2.25. The molecule has 2 aromatic heterocycles. The summed E-state index contributed by atoms with van der Waals surface area (Å²) in [5, 5.41) is 24.5. The maximum atomic E-state index is 9.50. The van der Waals surface area contributed by atoms with E-state index in [-0.39, 0.29) is 6.61 Å². The average Bonchev–Trinajstić information content (AvgIpc) is 2.65. The zero-order chi connectivity index (χ0) is 10.7. The molecule has 0 saturated carbocycles. The highest BCUT2D eigenvalue weighted by molar-refractivity contribution is 5.32. The number of ether oxygens (including phenoxy) is 1. The summed E-state index contributed by atoms with van der Waals surface area (Å²) in [6.45, 7) is 0.287. The number of tetrazole rings is 1. The Labute approximate surface area is 85.7 Å². The van der Waals surface area contributed by atoms with Crippen molar-refractivity contribution in [3.05, 3.63) is 17.8 Å². The van der Waals surface area contributed by atoms with Crippen molar-refractivity contribution >= 4 is 5.65 Å². The summed E-state index contributed by atoms with van der Waals surface area (Å²) >= 11 is 0. The predicted octanol–water partition coefficient (Wildman–Crippen LogP) is -0.931. The molecule has 0 spiro atoms. The SMILES string of the molecule is COCC(O)Cc1ccc2nnnn2n1. The van der Waals surface area contributed by atoms with Crippen LogP contribution in [0.3, 0.4) is 0 Å². The first-order valence-corrected chi connectivity index (χ1v) is 4.51. The number of nitrogens with zero attached hydrogens (tertiary/aromatic N) is 5. The van der Waals surface area contributed by atoms with E-state index >= 15 is 0 Å². The van der Waals surface area contributed by atoms with Crippen LogP contribution in [0.5, 0.6) is 0 Å². The number of hydrogen-bond donors (Lipinski definition) is 1. The topological polar surface area (TPSA) is 85.4 Å². The van der Waals surface area contributed by atoms with E-state index in [1.54, 1.807) is 19.2 Å². The van der Waals surface area contributed by atoms with Crippen molar-refractivity contribution in [2.45, 2.75) is 12.5 Å². The van der Waals surface area contributed by atoms with Crippen molar-refractivity contribution in [2.24, 2.45) is 0 Å². The Bertz CT molecular complexity index is 443. The number of methoxy groups -OCH3 is 1. The second-order valence-electron chi connectivity index (χ2n) is 3.16. The van der Waals surface area contributed by atoms with E-state index in [0.29, 0.717) is 12.1 Å². The van der Waals surface area contributed by atoms with Crippen LogP contribution < -0.4 is 0 Å². The predicted molar refractivity (Wildman–Crippen MR) is 50.2 cm³/mol. The molecule has 1 N–H and O–H groups in total. The molecule has 0 amide bonds. The Balaban J connectivity index is 2.14. The van der Waals surface area contributed by atoms with Gasteiger partial charge in [0.1, 0.15) is 0 Å². The standard InChI is InChI=1S/C8H11N5O2/c1-15-5-7(14)4-6-2-3-8-9-11-12-13(8)10-6/h2-3,7,14H,4-5H2,1H3. The minimum Gasteiger partial charge on any atom is -0.390 e. The number of aliphatic hydroxyl groups is 1. The van der Waals surface area contributed by atoms with Gasteiger partial charge in [-0.1, -0.05) is 0 Å². The number of aliphatic hydroxyl groups excluding tert-OH is 1. The molecule has 2 aromatic rings. The van der Waals surface area contributed by atoms with Gasteiger partial charge in [-0.05, 0) is 22.6 Å². The van der Waals surface area contributed by atoms with E-state index in [0.717, 1.165) is 5.69 Å². The van der Waals surface area contributed by atoms with E-state index < -0.39 is 6.10 Å². The van der Waals surface area contributed by atoms with Crippen LogP contribution in [0.15, 0.2) is 12.1 Å². The maximum absolute atomic E-state index is 9.50. The third-order valence-electron chi connectivity index (χ3n) is 1.93. The van der Waals surface area contributed by atoms with Crippen LogP contribution in [0.4, 0.5) is 0 Å². The highest BCUT2D eigenvalue weighted by Gasteiger charge is 2.07. The maximum Gasteiger partial charge on any atom is 0.199 e. The lowest BCUT2D eigenvalue weighted by Crippen LogP contribution is -2.18. The van der Waals surface area contributed by atoms with Gasteiger partial charge in [0.05, 0.1) is 18.4 Å². The van der Waals surface area contributed by atoms with Gasteiger partial charge < -0.3 is 9.84 Å². The van der Waals surface area contributed by atoms with E-state index in [1.807, 2.05) is 0 Å². The van der Waals surface area contributed by atoms with Crippen LogP contribution in [-0.2, 0) is 11.2 Å². The molecular formula is C8H11N5O2. The molecule has 15 heavy (non-hydrogen) atoms. The van der Waals surface area contributed by atoms with Crippen LogP contribution in [0.1, 0.15) is 5.69 Å². The fourth-order valence-corrected chi connectivity index (χ4v) is 1.29. The summed E-state index contributed by atoms with van der Waals surface area (Å²) in [5.74, 6) is 0. The molecule has 0 aliphatic rings. The quantitative estimate of drug-likeness (QED) is 0.700. The molecule has 0 aromatic carbocycles. The fraction of sp³-hybridized carbons (Fsp3) is 0.500. The zero-order valence-corrected chi connectivity index (χ0v) is 8.24. The molecule has 0 radical (unpaired) electrons. The van der Waals surface area contributed by atoms with Gasteiger partial charge in [-0.25, -0.2) is 0 Å². The number of rotatable bonds is 4. The zero-order valence-electron chi connectivity index (χ0n) is 8.24. The highest BCUT2D eigenvalue weighted by atomic mass is 16.5. The molecule has 1 atom stereocenters. The first-order valence-electron chi connectivity index (χ1n) is 4.51. The molecule has 0 aliphatic carbocycles. The molecule has 1 unspecified atom stereocenters. The molecule has 0 fully saturated rings. The van der Waals surface area contributed by atoms with Gasteiger partial charge in [0.15, 0.2) is 5.65 Å². The Hall–Kier alpha value is -1.60. The fourth-order valence-electron chi connectivity index (χ4n) is 1.29. The van der Waals surface area contributed by atoms with Gasteiger partial charge >= 0.3 is 0 Å². The van der Waals surface area contributed by atoms with Crippen LogP contribution in [0.25, 0.3) is 5.65 Å². The van der Waals surface area contributed by atoms with Gasteiger partial charge in [-0.15, -0.1) is 9.73 Å². The van der Waals surface area contributed by atoms with Gasteiger partial charge in [-0.3, -0.25) is 0 Å². The van der Waals surface area contributed by atoms with E-state index in [1.165, 1.54) is 4.63 Å². The molecule has 0 aliphatic heterocycles. The molecule has 2 rings (SSSR count). The van der Waals surface area contributed by atoms with Crippen molar-refractivity contribution < 1.29 is 9.84 Å². The van der Waals surface area contributed by atoms with Crippen LogP contribution in [0.2, 0.25) is 0 Å². The lowest BCUT2D eigenvalue weighted by Gasteiger charge is -2.07. The van der Waals surface area contributed by atoms with Crippen LogP contribution in [-0.4, -0.2) is 50.2 Å². The smallest absolute Gasteiger partial charge is 0.199 e. The summed E-state index contributed by atoms with van der Waals surface area (Å²) in [5.41, 5.74) is 1.30. The average molecular weight is 209 g/mol. The monoisotopic (exact) mass is 209 g/mol. The summed E-state index contributed by atoms with van der Waals surface area (Å²) in [6.07, 6.45) is -0.139. The Morgan fingerprint density at radius 2 is 2.40 bits per heavy atom. The molecule has 0 saturated heterocycles. The van der Waals surface area contributed by atoms with E-state index in [4.69, 9.17) is 4.74 Å². The van der Waals surface area contributed by atoms with Crippen LogP contribution in [0, 0.1) is 0 Å². The van der Waals surface area contributed by atoms with Gasteiger partial charge in [0.25, 0.3) is 0 Å². The molecule has 0 bridgehead atoms. The Morgan fingerprint density at radius 3 is 3.20 bits per heavy atom.